The average Bonchev–Trinajstić information content (AvgIpc) is 2.45. The van der Waals surface area contributed by atoms with Gasteiger partial charge in [0, 0.05) is 5.92 Å². The largest absolute Gasteiger partial charge is 0.508 e. The van der Waals surface area contributed by atoms with Crippen molar-refractivity contribution < 1.29 is 14.6 Å². The highest BCUT2D eigenvalue weighted by Gasteiger charge is 2.30. The van der Waals surface area contributed by atoms with Gasteiger partial charge < -0.3 is 9.84 Å². The van der Waals surface area contributed by atoms with E-state index in [0.29, 0.717) is 24.2 Å². The topological polar surface area (TPSA) is 46.5 Å². The van der Waals surface area contributed by atoms with Crippen molar-refractivity contribution in [3.05, 3.63) is 28.8 Å². The minimum absolute atomic E-state index is 0.0992. The van der Waals surface area contributed by atoms with Crippen molar-refractivity contribution in [2.75, 3.05) is 6.61 Å². The molecule has 0 bridgehead atoms. The van der Waals surface area contributed by atoms with Gasteiger partial charge >= 0.3 is 5.97 Å². The maximum atomic E-state index is 11.7. The number of fused-ring (bicyclic) bond motifs is 1. The van der Waals surface area contributed by atoms with Crippen LogP contribution in [0.4, 0.5) is 0 Å². The summed E-state index contributed by atoms with van der Waals surface area (Å²) in [7, 11) is 0. The number of hydrogen-bond acceptors (Lipinski definition) is 3. The number of phenolic OH excluding ortho intramolecular Hbond substituents is 1. The maximum Gasteiger partial charge on any atom is 0.308 e. The fourth-order valence-corrected chi connectivity index (χ4v) is 3.32. The number of aromatic hydroxyl groups is 1. The number of carbonyl (C=O) groups is 1. The quantitative estimate of drug-likeness (QED) is 0.832. The lowest BCUT2D eigenvalue weighted by Gasteiger charge is -2.34. The molecule has 122 valence electrons. The molecule has 2 atom stereocenters. The number of carbonyl (C=O) groups excluding carboxylic acids is 1. The van der Waals surface area contributed by atoms with Gasteiger partial charge in [0.1, 0.15) is 5.75 Å². The molecule has 3 nitrogen and oxygen atoms in total. The molecule has 0 spiro atoms. The smallest absolute Gasteiger partial charge is 0.308 e. The molecule has 0 amide bonds. The van der Waals surface area contributed by atoms with E-state index in [1.807, 2.05) is 26.8 Å². The number of aryl methyl sites for hydroxylation is 1. The first-order chi connectivity index (χ1) is 10.3. The van der Waals surface area contributed by atoms with Gasteiger partial charge in [-0.2, -0.15) is 0 Å². The summed E-state index contributed by atoms with van der Waals surface area (Å²) in [5, 5.41) is 10.1. The lowest BCUT2D eigenvalue weighted by atomic mass is 9.72. The summed E-state index contributed by atoms with van der Waals surface area (Å²) < 4.78 is 5.45. The van der Waals surface area contributed by atoms with Crippen LogP contribution in [-0.4, -0.2) is 17.7 Å². The summed E-state index contributed by atoms with van der Waals surface area (Å²) in [6.45, 7) is 10.5. The summed E-state index contributed by atoms with van der Waals surface area (Å²) in [4.78, 5) is 11.7. The minimum Gasteiger partial charge on any atom is -0.508 e. The molecule has 0 saturated carbocycles. The van der Waals surface area contributed by atoms with Crippen LogP contribution in [-0.2, 0) is 9.53 Å². The maximum absolute atomic E-state index is 11.7. The Morgan fingerprint density at radius 2 is 1.91 bits per heavy atom. The number of ether oxygens (including phenoxy) is 1. The van der Waals surface area contributed by atoms with Crippen LogP contribution in [0.2, 0.25) is 0 Å². The van der Waals surface area contributed by atoms with Crippen molar-refractivity contribution in [3.8, 4) is 5.75 Å². The molecule has 22 heavy (non-hydrogen) atoms. The van der Waals surface area contributed by atoms with Crippen molar-refractivity contribution in [2.24, 2.45) is 11.8 Å². The van der Waals surface area contributed by atoms with Gasteiger partial charge in [0.25, 0.3) is 0 Å². The summed E-state index contributed by atoms with van der Waals surface area (Å²) in [5.74, 6) is 1.37. The van der Waals surface area contributed by atoms with Crippen molar-refractivity contribution in [3.63, 3.8) is 0 Å². The predicted octanol–water partition coefficient (Wildman–Crippen LogP) is 4.52. The number of phenols is 1. The van der Waals surface area contributed by atoms with Gasteiger partial charge in [0.05, 0.1) is 12.5 Å². The molecular formula is C19H28O3. The molecule has 1 N–H and O–H groups in total. The van der Waals surface area contributed by atoms with E-state index in [2.05, 4.69) is 19.9 Å². The Bertz CT molecular complexity index is 546. The van der Waals surface area contributed by atoms with Gasteiger partial charge in [-0.3, -0.25) is 4.79 Å². The average molecular weight is 304 g/mol. The number of hydrogen-bond donors (Lipinski definition) is 1. The normalized spacial score (nSPS) is 21.0. The van der Waals surface area contributed by atoms with Gasteiger partial charge in [-0.1, -0.05) is 33.8 Å². The molecular weight excluding hydrogens is 276 g/mol. The summed E-state index contributed by atoms with van der Waals surface area (Å²) in [6, 6.07) is 4.00. The Morgan fingerprint density at radius 3 is 2.50 bits per heavy atom. The summed E-state index contributed by atoms with van der Waals surface area (Å²) in [5.41, 5.74) is 3.40. The highest BCUT2D eigenvalue weighted by Crippen LogP contribution is 2.44. The zero-order valence-electron chi connectivity index (χ0n) is 14.3. The Labute approximate surface area is 133 Å². The van der Waals surface area contributed by atoms with E-state index < -0.39 is 0 Å². The van der Waals surface area contributed by atoms with Gasteiger partial charge in [0.15, 0.2) is 0 Å². The van der Waals surface area contributed by atoms with E-state index in [1.54, 1.807) is 0 Å². The third kappa shape index (κ3) is 3.45. The zero-order chi connectivity index (χ0) is 16.4. The van der Waals surface area contributed by atoms with Crippen LogP contribution in [0.1, 0.15) is 69.1 Å². The van der Waals surface area contributed by atoms with Crippen LogP contribution in [0.5, 0.6) is 5.75 Å². The van der Waals surface area contributed by atoms with Crippen LogP contribution >= 0.6 is 0 Å². The Kier molecular flexibility index (Phi) is 5.15. The minimum atomic E-state index is -0.149. The highest BCUT2D eigenvalue weighted by molar-refractivity contribution is 5.71. The van der Waals surface area contributed by atoms with Crippen molar-refractivity contribution >= 4 is 5.97 Å². The highest BCUT2D eigenvalue weighted by atomic mass is 16.5. The summed E-state index contributed by atoms with van der Waals surface area (Å²) >= 11 is 0. The van der Waals surface area contributed by atoms with E-state index in [1.165, 1.54) is 5.56 Å². The molecule has 0 aromatic heterocycles. The Hall–Kier alpha value is -1.51. The Balaban J connectivity index is 2.27. The molecule has 1 aliphatic carbocycles. The molecule has 0 fully saturated rings. The third-order valence-electron chi connectivity index (χ3n) is 4.77. The van der Waals surface area contributed by atoms with Crippen LogP contribution in [0.15, 0.2) is 12.1 Å². The van der Waals surface area contributed by atoms with Crippen LogP contribution in [0, 0.1) is 18.8 Å². The Morgan fingerprint density at radius 1 is 1.23 bits per heavy atom. The van der Waals surface area contributed by atoms with Crippen LogP contribution < -0.4 is 0 Å². The molecule has 1 aromatic carbocycles. The molecule has 2 unspecified atom stereocenters. The molecule has 2 rings (SSSR count). The van der Waals surface area contributed by atoms with Crippen LogP contribution in [0.25, 0.3) is 0 Å². The number of benzene rings is 1. The fourth-order valence-electron chi connectivity index (χ4n) is 3.32. The fraction of sp³-hybridized carbons (Fsp3) is 0.632. The van der Waals surface area contributed by atoms with E-state index in [-0.39, 0.29) is 17.8 Å². The first kappa shape index (κ1) is 16.9. The van der Waals surface area contributed by atoms with E-state index in [4.69, 9.17) is 4.74 Å². The second-order valence-corrected chi connectivity index (χ2v) is 7.18. The van der Waals surface area contributed by atoms with Crippen molar-refractivity contribution in [1.82, 2.24) is 0 Å². The predicted molar refractivity (Wildman–Crippen MR) is 88.2 cm³/mol. The molecule has 0 heterocycles. The molecule has 3 heteroatoms. The van der Waals surface area contributed by atoms with Gasteiger partial charge in [-0.05, 0) is 54.4 Å². The first-order valence-corrected chi connectivity index (χ1v) is 8.31. The van der Waals surface area contributed by atoms with Crippen molar-refractivity contribution in [1.29, 1.82) is 0 Å². The number of rotatable bonds is 4. The SMILES string of the molecule is Cc1cc2c(cc1O)C(COC(=O)C(C)C)CCC2C(C)C. The molecule has 1 aliphatic rings. The molecule has 0 radical (unpaired) electrons. The first-order valence-electron chi connectivity index (χ1n) is 8.31. The monoisotopic (exact) mass is 304 g/mol. The third-order valence-corrected chi connectivity index (χ3v) is 4.77. The van der Waals surface area contributed by atoms with E-state index >= 15 is 0 Å². The lowest BCUT2D eigenvalue weighted by Crippen LogP contribution is -2.23. The van der Waals surface area contributed by atoms with Crippen LogP contribution in [0.3, 0.4) is 0 Å². The zero-order valence-corrected chi connectivity index (χ0v) is 14.3. The molecule has 0 saturated heterocycles. The molecule has 1 aromatic rings. The van der Waals surface area contributed by atoms with E-state index in [0.717, 1.165) is 24.0 Å². The second kappa shape index (κ2) is 6.72. The standard InChI is InChI=1S/C19H28O3/c1-11(2)15-7-6-14(10-22-19(21)12(3)4)16-9-18(20)13(5)8-17(15)16/h8-9,11-12,14-15,20H,6-7,10H2,1-5H3. The number of esters is 1. The van der Waals surface area contributed by atoms with E-state index in [9.17, 15) is 9.90 Å². The second-order valence-electron chi connectivity index (χ2n) is 7.18. The van der Waals surface area contributed by atoms with Gasteiger partial charge in [-0.15, -0.1) is 0 Å². The lowest BCUT2D eigenvalue weighted by molar-refractivity contribution is -0.148. The van der Waals surface area contributed by atoms with Gasteiger partial charge in [0.2, 0.25) is 0 Å². The molecule has 0 aliphatic heterocycles. The van der Waals surface area contributed by atoms with Gasteiger partial charge in [-0.25, -0.2) is 0 Å². The summed E-state index contributed by atoms with van der Waals surface area (Å²) in [6.07, 6.45) is 2.11. The van der Waals surface area contributed by atoms with Crippen molar-refractivity contribution in [2.45, 2.75) is 59.3 Å².